The van der Waals surface area contributed by atoms with Gasteiger partial charge in [0.2, 0.25) is 0 Å². The number of para-hydroxylation sites is 2. The van der Waals surface area contributed by atoms with Crippen LogP contribution in [0.15, 0.2) is 51.3 Å². The Bertz CT molecular complexity index is 1150. The first-order valence-electron chi connectivity index (χ1n) is 7.77. The highest BCUT2D eigenvalue weighted by molar-refractivity contribution is 7.14. The molecule has 0 saturated heterocycles. The summed E-state index contributed by atoms with van der Waals surface area (Å²) < 4.78 is 10.7. The number of anilines is 2. The van der Waals surface area contributed by atoms with E-state index in [9.17, 15) is 4.79 Å². The highest BCUT2D eigenvalue weighted by Gasteiger charge is 2.14. The minimum atomic E-state index is -0.468. The average molecular weight is 366 g/mol. The molecule has 0 fully saturated rings. The summed E-state index contributed by atoms with van der Waals surface area (Å²) in [5, 5.41) is 5.64. The van der Waals surface area contributed by atoms with Crippen LogP contribution < -0.4 is 15.7 Å². The van der Waals surface area contributed by atoms with E-state index < -0.39 is 5.63 Å². The first-order valence-corrected chi connectivity index (χ1v) is 8.65. The molecule has 0 radical (unpaired) electrons. The molecule has 0 amide bonds. The van der Waals surface area contributed by atoms with Gasteiger partial charge in [-0.25, -0.2) is 19.7 Å². The largest absolute Gasteiger partial charge is 0.495 e. The number of thiazole rings is 1. The molecule has 4 rings (SSSR count). The van der Waals surface area contributed by atoms with Crippen LogP contribution in [0, 0.1) is 6.92 Å². The summed E-state index contributed by atoms with van der Waals surface area (Å²) in [5.41, 5.74) is 2.80. The molecule has 4 aromatic rings. The maximum Gasteiger partial charge on any atom is 0.345 e. The summed E-state index contributed by atoms with van der Waals surface area (Å²) in [6.07, 6.45) is 1.44. The summed E-state index contributed by atoms with van der Waals surface area (Å²) in [5.74, 6) is 0.710. The van der Waals surface area contributed by atoms with Gasteiger partial charge in [0.1, 0.15) is 17.6 Å². The molecule has 0 aliphatic heterocycles. The van der Waals surface area contributed by atoms with E-state index in [0.717, 1.165) is 5.69 Å². The zero-order chi connectivity index (χ0) is 18.1. The topological polar surface area (TPSA) is 90.1 Å². The van der Waals surface area contributed by atoms with E-state index in [2.05, 4.69) is 20.3 Å². The van der Waals surface area contributed by atoms with Crippen LogP contribution in [0.4, 0.5) is 10.8 Å². The minimum Gasteiger partial charge on any atom is -0.495 e. The van der Waals surface area contributed by atoms with Gasteiger partial charge in [-0.3, -0.25) is 0 Å². The number of hydrogen-bond donors (Lipinski definition) is 1. The Morgan fingerprint density at radius 2 is 2.08 bits per heavy atom. The van der Waals surface area contributed by atoms with E-state index in [1.165, 1.54) is 17.7 Å². The Labute approximate surface area is 152 Å². The molecule has 0 aliphatic rings. The Morgan fingerprint density at radius 3 is 2.92 bits per heavy atom. The zero-order valence-corrected chi connectivity index (χ0v) is 14.8. The minimum absolute atomic E-state index is 0.361. The molecule has 0 saturated carbocycles. The van der Waals surface area contributed by atoms with E-state index in [0.29, 0.717) is 38.9 Å². The lowest BCUT2D eigenvalue weighted by Gasteiger charge is -2.08. The molecule has 0 spiro atoms. The lowest BCUT2D eigenvalue weighted by molar-refractivity contribution is 0.417. The maximum atomic E-state index is 12.4. The van der Waals surface area contributed by atoms with Gasteiger partial charge in [-0.2, -0.15) is 0 Å². The van der Waals surface area contributed by atoms with Crippen molar-refractivity contribution >= 4 is 33.3 Å². The summed E-state index contributed by atoms with van der Waals surface area (Å²) in [6, 6.07) is 9.22. The van der Waals surface area contributed by atoms with Gasteiger partial charge in [0, 0.05) is 5.38 Å². The van der Waals surface area contributed by atoms with Crippen molar-refractivity contribution in [1.29, 1.82) is 0 Å². The van der Waals surface area contributed by atoms with Gasteiger partial charge >= 0.3 is 5.63 Å². The molecule has 0 bridgehead atoms. The van der Waals surface area contributed by atoms with Gasteiger partial charge < -0.3 is 14.5 Å². The molecular weight excluding hydrogens is 352 g/mol. The van der Waals surface area contributed by atoms with Crippen molar-refractivity contribution in [2.24, 2.45) is 0 Å². The van der Waals surface area contributed by atoms with E-state index in [4.69, 9.17) is 9.15 Å². The van der Waals surface area contributed by atoms with E-state index in [-0.39, 0.29) is 0 Å². The van der Waals surface area contributed by atoms with Gasteiger partial charge in [0.05, 0.1) is 29.7 Å². The van der Waals surface area contributed by atoms with Crippen molar-refractivity contribution in [2.75, 3.05) is 12.4 Å². The molecule has 1 N–H and O–H groups in total. The Morgan fingerprint density at radius 1 is 1.23 bits per heavy atom. The standard InChI is InChI=1S/C18H14N4O3S/c1-10-16-13(20-9-19-10)7-11(17(23)25-16)14-8-26-18(22-14)21-12-5-3-4-6-15(12)24-2/h3-9H,1-2H3,(H,21,22). The second-order valence-electron chi connectivity index (χ2n) is 5.48. The van der Waals surface area contributed by atoms with Gasteiger partial charge in [-0.1, -0.05) is 12.1 Å². The van der Waals surface area contributed by atoms with Gasteiger partial charge in [-0.15, -0.1) is 11.3 Å². The van der Waals surface area contributed by atoms with Crippen LogP contribution in [-0.2, 0) is 0 Å². The molecule has 130 valence electrons. The van der Waals surface area contributed by atoms with Crippen LogP contribution in [0.1, 0.15) is 5.69 Å². The number of aryl methyl sites for hydroxylation is 1. The second-order valence-corrected chi connectivity index (χ2v) is 6.34. The van der Waals surface area contributed by atoms with Crippen molar-refractivity contribution in [3.05, 3.63) is 58.2 Å². The van der Waals surface area contributed by atoms with Crippen molar-refractivity contribution in [2.45, 2.75) is 6.92 Å². The molecule has 3 aromatic heterocycles. The fraction of sp³-hybridized carbons (Fsp3) is 0.111. The fourth-order valence-corrected chi connectivity index (χ4v) is 3.27. The molecule has 8 heteroatoms. The molecule has 1 aromatic carbocycles. The van der Waals surface area contributed by atoms with E-state index in [1.54, 1.807) is 25.5 Å². The third-order valence-electron chi connectivity index (χ3n) is 3.83. The van der Waals surface area contributed by atoms with Crippen molar-refractivity contribution in [1.82, 2.24) is 15.0 Å². The Kier molecular flexibility index (Phi) is 4.10. The molecular formula is C18H14N4O3S. The number of ether oxygens (including phenoxy) is 1. The quantitative estimate of drug-likeness (QED) is 0.588. The van der Waals surface area contributed by atoms with Gasteiger partial charge in [0.25, 0.3) is 0 Å². The molecule has 3 heterocycles. The van der Waals surface area contributed by atoms with Crippen LogP contribution in [0.5, 0.6) is 5.75 Å². The first kappa shape index (κ1) is 16.2. The van der Waals surface area contributed by atoms with Crippen LogP contribution in [0.25, 0.3) is 22.4 Å². The molecule has 7 nitrogen and oxygen atoms in total. The van der Waals surface area contributed by atoms with Crippen LogP contribution >= 0.6 is 11.3 Å². The normalized spacial score (nSPS) is 10.8. The predicted molar refractivity (Wildman–Crippen MR) is 100 cm³/mol. The second kappa shape index (κ2) is 6.57. The molecule has 26 heavy (non-hydrogen) atoms. The smallest absolute Gasteiger partial charge is 0.345 e. The third kappa shape index (κ3) is 2.91. The Hall–Kier alpha value is -3.26. The SMILES string of the molecule is COc1ccccc1Nc1nc(-c2cc3ncnc(C)c3oc2=O)cs1. The lowest BCUT2D eigenvalue weighted by atomic mass is 10.2. The van der Waals surface area contributed by atoms with Gasteiger partial charge in [-0.05, 0) is 25.1 Å². The summed E-state index contributed by atoms with van der Waals surface area (Å²) in [4.78, 5) is 25.1. The molecule has 0 aliphatic carbocycles. The van der Waals surface area contributed by atoms with Crippen LogP contribution in [0.2, 0.25) is 0 Å². The van der Waals surface area contributed by atoms with E-state index >= 15 is 0 Å². The lowest BCUT2D eigenvalue weighted by Crippen LogP contribution is -2.04. The number of nitrogens with one attached hydrogen (secondary N) is 1. The predicted octanol–water partition coefficient (Wildman–Crippen LogP) is 3.77. The summed E-state index contributed by atoms with van der Waals surface area (Å²) in [7, 11) is 1.61. The number of rotatable bonds is 4. The maximum absolute atomic E-state index is 12.4. The van der Waals surface area contributed by atoms with E-state index in [1.807, 2.05) is 24.3 Å². The summed E-state index contributed by atoms with van der Waals surface area (Å²) >= 11 is 1.38. The third-order valence-corrected chi connectivity index (χ3v) is 4.59. The van der Waals surface area contributed by atoms with Crippen molar-refractivity contribution in [3.63, 3.8) is 0 Å². The monoisotopic (exact) mass is 366 g/mol. The van der Waals surface area contributed by atoms with Gasteiger partial charge in [0.15, 0.2) is 10.7 Å². The average Bonchev–Trinajstić information content (AvgIpc) is 3.11. The highest BCUT2D eigenvalue weighted by atomic mass is 32.1. The Balaban J connectivity index is 1.71. The van der Waals surface area contributed by atoms with Crippen LogP contribution in [-0.4, -0.2) is 22.1 Å². The number of fused-ring (bicyclic) bond motifs is 1. The highest BCUT2D eigenvalue weighted by Crippen LogP contribution is 2.31. The number of nitrogens with zero attached hydrogens (tertiary/aromatic N) is 3. The number of benzene rings is 1. The number of hydrogen-bond acceptors (Lipinski definition) is 8. The fourth-order valence-electron chi connectivity index (χ4n) is 2.55. The summed E-state index contributed by atoms with van der Waals surface area (Å²) in [6.45, 7) is 1.77. The molecule has 0 unspecified atom stereocenters. The van der Waals surface area contributed by atoms with Crippen molar-refractivity contribution in [3.8, 4) is 17.0 Å². The van der Waals surface area contributed by atoms with Crippen LogP contribution in [0.3, 0.4) is 0 Å². The zero-order valence-electron chi connectivity index (χ0n) is 14.0. The molecule has 0 atom stereocenters. The first-order chi connectivity index (χ1) is 12.7. The van der Waals surface area contributed by atoms with Crippen molar-refractivity contribution < 1.29 is 9.15 Å². The number of methoxy groups -OCH3 is 1. The number of aromatic nitrogens is 3.